The van der Waals surface area contributed by atoms with Gasteiger partial charge < -0.3 is 4.74 Å². The number of unbranched alkanes of at least 4 members (excludes halogenated alkanes) is 11. The summed E-state index contributed by atoms with van der Waals surface area (Å²) in [5.41, 5.74) is 3.97. The monoisotopic (exact) mass is 531 g/mol. The van der Waals surface area contributed by atoms with E-state index in [4.69, 9.17) is 4.74 Å². The Bertz CT molecular complexity index is 1110. The molecule has 0 fully saturated rings. The van der Waals surface area contributed by atoms with E-state index in [1.807, 2.05) is 30.5 Å². The lowest BCUT2D eigenvalue weighted by molar-refractivity contribution is 0.0730. The number of ether oxygens (including phenoxy) is 1. The Labute approximate surface area is 235 Å². The number of halogens is 1. The number of carbonyl (C=O) groups excluding carboxylic acids is 1. The van der Waals surface area contributed by atoms with Crippen LogP contribution in [0.3, 0.4) is 0 Å². The number of esters is 1. The van der Waals surface area contributed by atoms with Crippen LogP contribution in [-0.4, -0.2) is 11.0 Å². The molecule has 1 heterocycles. The van der Waals surface area contributed by atoms with Gasteiger partial charge in [-0.3, -0.25) is 4.98 Å². The molecule has 2 aromatic carbocycles. The normalized spacial score (nSPS) is 11.1. The fourth-order valence-electron chi connectivity index (χ4n) is 4.87. The third-order valence-corrected chi connectivity index (χ3v) is 7.33. The van der Waals surface area contributed by atoms with Crippen molar-refractivity contribution in [3.05, 3.63) is 83.3 Å². The molecule has 39 heavy (non-hydrogen) atoms. The summed E-state index contributed by atoms with van der Waals surface area (Å²) in [6.45, 7) is 4.46. The van der Waals surface area contributed by atoms with Crippen LogP contribution in [0.1, 0.15) is 119 Å². The molecular formula is C35H46FNO2. The van der Waals surface area contributed by atoms with Gasteiger partial charge in [0, 0.05) is 11.8 Å². The first kappa shape index (κ1) is 30.5. The van der Waals surface area contributed by atoms with Gasteiger partial charge in [-0.2, -0.15) is 0 Å². The summed E-state index contributed by atoms with van der Waals surface area (Å²) in [5, 5.41) is 0. The molecule has 0 aliphatic rings. The summed E-state index contributed by atoms with van der Waals surface area (Å²) in [5.74, 6) is -0.824. The van der Waals surface area contributed by atoms with Crippen LogP contribution in [0.2, 0.25) is 0 Å². The molecule has 0 radical (unpaired) electrons. The van der Waals surface area contributed by atoms with E-state index in [-0.39, 0.29) is 5.56 Å². The first-order valence-corrected chi connectivity index (χ1v) is 15.2. The van der Waals surface area contributed by atoms with Crippen LogP contribution < -0.4 is 4.74 Å². The number of pyridine rings is 1. The zero-order chi connectivity index (χ0) is 27.7. The summed E-state index contributed by atoms with van der Waals surface area (Å²) >= 11 is 0. The Morgan fingerprint density at radius 3 is 1.82 bits per heavy atom. The summed E-state index contributed by atoms with van der Waals surface area (Å²) in [7, 11) is 0. The Morgan fingerprint density at radius 1 is 0.692 bits per heavy atom. The lowest BCUT2D eigenvalue weighted by atomic mass is 10.0. The standard InChI is InChI=1S/C35H46FNO2/c1-3-5-7-9-11-13-15-17-29-19-25-34(37-27-29)30-20-22-31(23-21-30)39-35(38)32-24-18-28(26-33(32)36)16-14-12-10-8-6-4-2/h18-27H,3-17H2,1-2H3. The predicted molar refractivity (Wildman–Crippen MR) is 160 cm³/mol. The van der Waals surface area contributed by atoms with E-state index in [1.54, 1.807) is 12.1 Å². The Morgan fingerprint density at radius 2 is 1.26 bits per heavy atom. The molecule has 0 bridgehead atoms. The molecule has 0 saturated carbocycles. The highest BCUT2D eigenvalue weighted by atomic mass is 19.1. The van der Waals surface area contributed by atoms with Crippen molar-refractivity contribution in [1.29, 1.82) is 0 Å². The molecule has 3 nitrogen and oxygen atoms in total. The van der Waals surface area contributed by atoms with Crippen molar-refractivity contribution in [3.63, 3.8) is 0 Å². The fraction of sp³-hybridized carbons (Fsp3) is 0.486. The van der Waals surface area contributed by atoms with E-state index in [2.05, 4.69) is 24.9 Å². The predicted octanol–water partition coefficient (Wildman–Crippen LogP) is 10.3. The molecule has 0 N–H and O–H groups in total. The van der Waals surface area contributed by atoms with Gasteiger partial charge in [0.1, 0.15) is 11.6 Å². The highest BCUT2D eigenvalue weighted by Gasteiger charge is 2.15. The number of hydrogen-bond acceptors (Lipinski definition) is 3. The minimum absolute atomic E-state index is 0.0380. The zero-order valence-corrected chi connectivity index (χ0v) is 24.0. The second kappa shape index (κ2) is 17.6. The van der Waals surface area contributed by atoms with Gasteiger partial charge in [-0.05, 0) is 79.3 Å². The molecule has 0 aliphatic carbocycles. The number of hydrogen-bond donors (Lipinski definition) is 0. The smallest absolute Gasteiger partial charge is 0.346 e. The maximum Gasteiger partial charge on any atom is 0.346 e. The van der Waals surface area contributed by atoms with Crippen molar-refractivity contribution >= 4 is 5.97 Å². The van der Waals surface area contributed by atoms with Gasteiger partial charge in [-0.25, -0.2) is 9.18 Å². The van der Waals surface area contributed by atoms with Crippen LogP contribution in [0, 0.1) is 5.82 Å². The van der Waals surface area contributed by atoms with E-state index in [1.165, 1.54) is 88.3 Å². The van der Waals surface area contributed by atoms with E-state index in [0.29, 0.717) is 5.75 Å². The van der Waals surface area contributed by atoms with Crippen LogP contribution >= 0.6 is 0 Å². The Balaban J connectivity index is 1.45. The molecule has 4 heteroatoms. The van der Waals surface area contributed by atoms with E-state index >= 15 is 0 Å². The minimum atomic E-state index is -0.681. The molecule has 0 atom stereocenters. The lowest BCUT2D eigenvalue weighted by Crippen LogP contribution is -2.11. The number of benzene rings is 2. The van der Waals surface area contributed by atoms with Crippen LogP contribution in [0.5, 0.6) is 5.75 Å². The van der Waals surface area contributed by atoms with Crippen molar-refractivity contribution in [2.24, 2.45) is 0 Å². The SMILES string of the molecule is CCCCCCCCCc1ccc(-c2ccc(OC(=O)c3ccc(CCCCCCCC)cc3F)cc2)nc1. The minimum Gasteiger partial charge on any atom is -0.423 e. The highest BCUT2D eigenvalue weighted by molar-refractivity contribution is 5.91. The average Bonchev–Trinajstić information content (AvgIpc) is 2.95. The van der Waals surface area contributed by atoms with Crippen LogP contribution in [0.25, 0.3) is 11.3 Å². The number of nitrogens with zero attached hydrogens (tertiary/aromatic N) is 1. The van der Waals surface area contributed by atoms with Crippen molar-refractivity contribution in [2.75, 3.05) is 0 Å². The van der Waals surface area contributed by atoms with Crippen molar-refractivity contribution in [2.45, 2.75) is 110 Å². The lowest BCUT2D eigenvalue weighted by Gasteiger charge is -2.08. The summed E-state index contributed by atoms with van der Waals surface area (Å²) < 4.78 is 20.1. The molecule has 0 saturated heterocycles. The molecule has 1 aromatic heterocycles. The first-order valence-electron chi connectivity index (χ1n) is 15.2. The number of aryl methyl sites for hydroxylation is 2. The second-order valence-electron chi connectivity index (χ2n) is 10.7. The van der Waals surface area contributed by atoms with Gasteiger partial charge in [0.25, 0.3) is 0 Å². The maximum absolute atomic E-state index is 14.6. The zero-order valence-electron chi connectivity index (χ0n) is 24.0. The molecule has 0 aliphatic heterocycles. The molecule has 210 valence electrons. The Kier molecular flexibility index (Phi) is 13.7. The maximum atomic E-state index is 14.6. The topological polar surface area (TPSA) is 39.2 Å². The van der Waals surface area contributed by atoms with Crippen LogP contribution in [0.15, 0.2) is 60.8 Å². The summed E-state index contributed by atoms with van der Waals surface area (Å²) in [4.78, 5) is 17.2. The average molecular weight is 532 g/mol. The van der Waals surface area contributed by atoms with Gasteiger partial charge in [0.15, 0.2) is 0 Å². The van der Waals surface area contributed by atoms with Crippen molar-refractivity contribution in [3.8, 4) is 17.0 Å². The van der Waals surface area contributed by atoms with Crippen LogP contribution in [0.4, 0.5) is 4.39 Å². The fourth-order valence-corrected chi connectivity index (χ4v) is 4.87. The first-order chi connectivity index (χ1) is 19.1. The van der Waals surface area contributed by atoms with Crippen molar-refractivity contribution < 1.29 is 13.9 Å². The molecule has 3 rings (SSSR count). The third-order valence-electron chi connectivity index (χ3n) is 7.33. The number of carbonyl (C=O) groups is 1. The van der Waals surface area contributed by atoms with E-state index < -0.39 is 11.8 Å². The summed E-state index contributed by atoms with van der Waals surface area (Å²) in [6.07, 6.45) is 20.2. The number of rotatable bonds is 18. The van der Waals surface area contributed by atoms with E-state index in [0.717, 1.165) is 42.5 Å². The molecule has 0 amide bonds. The van der Waals surface area contributed by atoms with Crippen LogP contribution in [-0.2, 0) is 12.8 Å². The highest BCUT2D eigenvalue weighted by Crippen LogP contribution is 2.23. The molecule has 3 aromatic rings. The molecule has 0 unspecified atom stereocenters. The Hall–Kier alpha value is -3.01. The largest absolute Gasteiger partial charge is 0.423 e. The summed E-state index contributed by atoms with van der Waals surface area (Å²) in [6, 6.07) is 16.2. The quantitative estimate of drug-likeness (QED) is 0.0931. The second-order valence-corrected chi connectivity index (χ2v) is 10.7. The third kappa shape index (κ3) is 10.9. The number of aromatic nitrogens is 1. The van der Waals surface area contributed by atoms with Crippen molar-refractivity contribution in [1.82, 2.24) is 4.98 Å². The molecular weight excluding hydrogens is 485 g/mol. The van der Waals surface area contributed by atoms with Gasteiger partial charge >= 0.3 is 5.97 Å². The molecule has 0 spiro atoms. The van der Waals surface area contributed by atoms with E-state index in [9.17, 15) is 9.18 Å². The van der Waals surface area contributed by atoms with Gasteiger partial charge in [-0.15, -0.1) is 0 Å². The van der Waals surface area contributed by atoms with Gasteiger partial charge in [0.05, 0.1) is 11.3 Å². The van der Waals surface area contributed by atoms with Gasteiger partial charge in [0.2, 0.25) is 0 Å². The van der Waals surface area contributed by atoms with Gasteiger partial charge in [-0.1, -0.05) is 96.6 Å².